The van der Waals surface area contributed by atoms with Crippen LogP contribution in [-0.4, -0.2) is 16.0 Å². The minimum atomic E-state index is 0.0718. The largest absolute Gasteiger partial charge is 0.436 e. The first-order chi connectivity index (χ1) is 9.01. The van der Waals surface area contributed by atoms with Gasteiger partial charge in [0.15, 0.2) is 5.84 Å². The molecule has 0 spiro atoms. The summed E-state index contributed by atoms with van der Waals surface area (Å²) in [5.74, 6) is 0.864. The number of rotatable bonds is 3. The third-order valence-electron chi connectivity index (χ3n) is 2.73. The van der Waals surface area contributed by atoms with Crippen molar-refractivity contribution in [3.8, 4) is 0 Å². The van der Waals surface area contributed by atoms with Crippen LogP contribution in [0.25, 0.3) is 0 Å². The quantitative estimate of drug-likeness (QED) is 0.390. The predicted octanol–water partition coefficient (Wildman–Crippen LogP) is 2.85. The number of amidine groups is 1. The maximum Gasteiger partial charge on any atom is 0.261 e. The Morgan fingerprint density at radius 1 is 1.37 bits per heavy atom. The molecule has 0 radical (unpaired) electrons. The van der Waals surface area contributed by atoms with E-state index in [0.29, 0.717) is 10.8 Å². The lowest BCUT2D eigenvalue weighted by Crippen LogP contribution is -2.14. The number of oxime groups is 1. The number of nitrogens with zero attached hydrogens (tertiary/aromatic N) is 2. The predicted molar refractivity (Wildman–Crippen MR) is 73.8 cm³/mol. The van der Waals surface area contributed by atoms with Crippen LogP contribution < -0.4 is 5.73 Å². The van der Waals surface area contributed by atoms with E-state index in [-0.39, 0.29) is 5.84 Å². The average molecular weight is 277 g/mol. The molecule has 6 heteroatoms. The van der Waals surface area contributed by atoms with Crippen molar-refractivity contribution in [3.05, 3.63) is 40.8 Å². The highest BCUT2D eigenvalue weighted by Crippen LogP contribution is 2.31. The number of aryl methyl sites for hydroxylation is 3. The number of aromatic nitrogens is 1. The fourth-order valence-electron chi connectivity index (χ4n) is 1.56. The summed E-state index contributed by atoms with van der Waals surface area (Å²) >= 11 is 1.36. The molecule has 0 bridgehead atoms. The second kappa shape index (κ2) is 5.36. The standard InChI is InChI=1S/C13H15N3O2S/c1-7-4-5-10(12(14)16-17)11(6-7)19-13-15-8(2)9(3)18-13/h4-6,17H,1-3H3,(H2,14,16). The fraction of sp³-hybridized carbons (Fsp3) is 0.231. The molecule has 0 aliphatic rings. The first-order valence-electron chi connectivity index (χ1n) is 5.71. The monoisotopic (exact) mass is 277 g/mol. The summed E-state index contributed by atoms with van der Waals surface area (Å²) < 4.78 is 5.54. The lowest BCUT2D eigenvalue weighted by Gasteiger charge is -2.06. The Labute approximate surface area is 115 Å². The number of nitrogens with two attached hydrogens (primary N) is 1. The molecule has 0 aliphatic heterocycles. The average Bonchev–Trinajstić information content (AvgIpc) is 2.67. The second-order valence-corrected chi connectivity index (χ2v) is 5.20. The molecule has 5 nitrogen and oxygen atoms in total. The molecule has 0 unspecified atom stereocenters. The van der Waals surface area contributed by atoms with Crippen molar-refractivity contribution < 1.29 is 9.62 Å². The van der Waals surface area contributed by atoms with Crippen LogP contribution in [0.3, 0.4) is 0 Å². The molecule has 0 saturated carbocycles. The Bertz CT molecular complexity index is 615. The van der Waals surface area contributed by atoms with Gasteiger partial charge >= 0.3 is 0 Å². The Kier molecular flexibility index (Phi) is 3.80. The van der Waals surface area contributed by atoms with Crippen LogP contribution in [0, 0.1) is 20.8 Å². The van der Waals surface area contributed by atoms with E-state index in [0.717, 1.165) is 21.9 Å². The molecule has 2 rings (SSSR count). The number of benzene rings is 1. The minimum absolute atomic E-state index is 0.0718. The van der Waals surface area contributed by atoms with E-state index in [1.54, 1.807) is 0 Å². The van der Waals surface area contributed by atoms with Crippen LogP contribution in [0.15, 0.2) is 37.9 Å². The lowest BCUT2D eigenvalue weighted by molar-refractivity contribution is 0.318. The second-order valence-electron chi connectivity index (χ2n) is 4.21. The summed E-state index contributed by atoms with van der Waals surface area (Å²) in [4.78, 5) is 5.16. The summed E-state index contributed by atoms with van der Waals surface area (Å²) in [6.07, 6.45) is 0. The summed E-state index contributed by atoms with van der Waals surface area (Å²) in [7, 11) is 0. The van der Waals surface area contributed by atoms with Crippen molar-refractivity contribution in [1.82, 2.24) is 4.98 Å². The SMILES string of the molecule is Cc1ccc(/C(N)=N/O)c(Sc2nc(C)c(C)o2)c1. The van der Waals surface area contributed by atoms with E-state index >= 15 is 0 Å². The molecule has 2 aromatic rings. The summed E-state index contributed by atoms with van der Waals surface area (Å²) in [5, 5.41) is 12.4. The summed E-state index contributed by atoms with van der Waals surface area (Å²) in [5.41, 5.74) is 8.27. The smallest absolute Gasteiger partial charge is 0.261 e. The van der Waals surface area contributed by atoms with E-state index in [2.05, 4.69) is 10.1 Å². The molecule has 1 aromatic heterocycles. The molecule has 100 valence electrons. The molecule has 0 fully saturated rings. The lowest BCUT2D eigenvalue weighted by atomic mass is 10.1. The Hall–Kier alpha value is -1.95. The normalized spacial score (nSPS) is 11.8. The van der Waals surface area contributed by atoms with Gasteiger partial charge in [-0.15, -0.1) is 0 Å². The minimum Gasteiger partial charge on any atom is -0.436 e. The van der Waals surface area contributed by atoms with Crippen molar-refractivity contribution in [2.75, 3.05) is 0 Å². The van der Waals surface area contributed by atoms with Crippen molar-refractivity contribution in [2.45, 2.75) is 30.9 Å². The van der Waals surface area contributed by atoms with E-state index in [1.165, 1.54) is 11.8 Å². The van der Waals surface area contributed by atoms with E-state index in [4.69, 9.17) is 15.4 Å². The highest BCUT2D eigenvalue weighted by Gasteiger charge is 2.13. The van der Waals surface area contributed by atoms with Crippen LogP contribution in [0.4, 0.5) is 0 Å². The first kappa shape index (κ1) is 13.5. The zero-order valence-electron chi connectivity index (χ0n) is 11.0. The number of oxazole rings is 1. The van der Waals surface area contributed by atoms with Crippen LogP contribution in [-0.2, 0) is 0 Å². The highest BCUT2D eigenvalue weighted by atomic mass is 32.2. The van der Waals surface area contributed by atoms with Gasteiger partial charge in [-0.05, 0) is 50.2 Å². The maximum atomic E-state index is 8.81. The molecular weight excluding hydrogens is 262 g/mol. The molecule has 0 amide bonds. The van der Waals surface area contributed by atoms with E-state index in [1.807, 2.05) is 39.0 Å². The van der Waals surface area contributed by atoms with Gasteiger partial charge in [-0.25, -0.2) is 4.98 Å². The molecule has 1 aromatic carbocycles. The fourth-order valence-corrected chi connectivity index (χ4v) is 2.63. The Balaban J connectivity index is 2.40. The number of hydrogen-bond acceptors (Lipinski definition) is 5. The van der Waals surface area contributed by atoms with Gasteiger partial charge in [0.25, 0.3) is 5.22 Å². The van der Waals surface area contributed by atoms with Gasteiger partial charge in [0.05, 0.1) is 5.69 Å². The molecule has 19 heavy (non-hydrogen) atoms. The van der Waals surface area contributed by atoms with Crippen LogP contribution in [0.5, 0.6) is 0 Å². The Morgan fingerprint density at radius 2 is 2.11 bits per heavy atom. The maximum absolute atomic E-state index is 8.81. The third-order valence-corrected chi connectivity index (χ3v) is 3.63. The van der Waals surface area contributed by atoms with Crippen molar-refractivity contribution in [1.29, 1.82) is 0 Å². The summed E-state index contributed by atoms with van der Waals surface area (Å²) in [6.45, 7) is 5.74. The topological polar surface area (TPSA) is 84.6 Å². The van der Waals surface area contributed by atoms with Gasteiger partial charge in [-0.3, -0.25) is 0 Å². The highest BCUT2D eigenvalue weighted by molar-refractivity contribution is 7.99. The Morgan fingerprint density at radius 3 is 2.68 bits per heavy atom. The molecule has 0 atom stereocenters. The van der Waals surface area contributed by atoms with Gasteiger partial charge in [-0.1, -0.05) is 11.2 Å². The molecular formula is C13H15N3O2S. The van der Waals surface area contributed by atoms with Gasteiger partial charge < -0.3 is 15.4 Å². The molecule has 0 saturated heterocycles. The zero-order chi connectivity index (χ0) is 14.0. The van der Waals surface area contributed by atoms with Crippen LogP contribution in [0.1, 0.15) is 22.6 Å². The zero-order valence-corrected chi connectivity index (χ0v) is 11.8. The van der Waals surface area contributed by atoms with Crippen molar-refractivity contribution >= 4 is 17.6 Å². The molecule has 1 heterocycles. The van der Waals surface area contributed by atoms with Crippen LogP contribution >= 0.6 is 11.8 Å². The number of hydrogen-bond donors (Lipinski definition) is 2. The van der Waals surface area contributed by atoms with Gasteiger partial charge in [0, 0.05) is 10.5 Å². The van der Waals surface area contributed by atoms with E-state index < -0.39 is 0 Å². The van der Waals surface area contributed by atoms with Crippen molar-refractivity contribution in [2.24, 2.45) is 10.9 Å². The third kappa shape index (κ3) is 2.90. The van der Waals surface area contributed by atoms with Gasteiger partial charge in [0.2, 0.25) is 0 Å². The van der Waals surface area contributed by atoms with Gasteiger partial charge in [0.1, 0.15) is 5.76 Å². The molecule has 0 aliphatic carbocycles. The summed E-state index contributed by atoms with van der Waals surface area (Å²) in [6, 6.07) is 5.67. The first-order valence-corrected chi connectivity index (χ1v) is 6.53. The van der Waals surface area contributed by atoms with E-state index in [9.17, 15) is 0 Å². The van der Waals surface area contributed by atoms with Crippen LogP contribution in [0.2, 0.25) is 0 Å². The van der Waals surface area contributed by atoms with Crippen molar-refractivity contribution in [3.63, 3.8) is 0 Å². The van der Waals surface area contributed by atoms with Gasteiger partial charge in [-0.2, -0.15) is 0 Å². The molecule has 3 N–H and O–H groups in total.